The van der Waals surface area contributed by atoms with Gasteiger partial charge in [0.1, 0.15) is 0 Å². The summed E-state index contributed by atoms with van der Waals surface area (Å²) in [4.78, 5) is 22.6. The number of nitrogens with one attached hydrogen (secondary N) is 3. The largest absolute Gasteiger partial charge is 0.418 e. The minimum Gasteiger partial charge on any atom is -0.354 e. The molecular weight excluding hydrogens is 275 g/mol. The van der Waals surface area contributed by atoms with Crippen LogP contribution in [0.25, 0.3) is 0 Å². The zero-order valence-electron chi connectivity index (χ0n) is 10.3. The number of rotatable bonds is 2. The number of carbonyl (C=O) groups excluding carboxylic acids is 2. The maximum atomic E-state index is 12.7. The summed E-state index contributed by atoms with van der Waals surface area (Å²) in [5.41, 5.74) is -1.24. The van der Waals surface area contributed by atoms with E-state index >= 15 is 0 Å². The highest BCUT2D eigenvalue weighted by Gasteiger charge is 2.33. The summed E-state index contributed by atoms with van der Waals surface area (Å²) in [7, 11) is 0. The number of carbonyl (C=O) groups is 2. The fourth-order valence-electron chi connectivity index (χ4n) is 1.89. The number of hydrogen-bond acceptors (Lipinski definition) is 2. The third kappa shape index (κ3) is 3.40. The Morgan fingerprint density at radius 2 is 2.00 bits per heavy atom. The smallest absolute Gasteiger partial charge is 0.354 e. The second kappa shape index (κ2) is 5.40. The third-order valence-electron chi connectivity index (χ3n) is 2.79. The molecule has 20 heavy (non-hydrogen) atoms. The average Bonchev–Trinajstić information content (AvgIpc) is 2.73. The number of urea groups is 1. The van der Waals surface area contributed by atoms with Gasteiger partial charge < -0.3 is 16.0 Å². The molecule has 2 rings (SSSR count). The first-order chi connectivity index (χ1) is 9.36. The molecule has 1 fully saturated rings. The molecule has 5 nitrogen and oxygen atoms in total. The van der Waals surface area contributed by atoms with E-state index in [-0.39, 0.29) is 24.6 Å². The van der Waals surface area contributed by atoms with E-state index in [0.717, 1.165) is 6.07 Å². The predicted molar refractivity (Wildman–Crippen MR) is 65.0 cm³/mol. The van der Waals surface area contributed by atoms with E-state index in [1.165, 1.54) is 18.2 Å². The first-order valence-electron chi connectivity index (χ1n) is 5.86. The van der Waals surface area contributed by atoms with Crippen molar-refractivity contribution in [3.05, 3.63) is 29.8 Å². The molecular formula is C12H12F3N3O2. The van der Waals surface area contributed by atoms with Crippen molar-refractivity contribution in [1.29, 1.82) is 0 Å². The van der Waals surface area contributed by atoms with Crippen LogP contribution in [0, 0.1) is 0 Å². The molecule has 108 valence electrons. The minimum atomic E-state index is -4.55. The standard InChI is InChI=1S/C12H12F3N3O2/c13-12(14,15)8-3-1-2-4-9(8)18-11(20)17-7-5-10(19)16-6-7/h1-4,7H,5-6H2,(H,16,19)(H2,17,18,20). The summed E-state index contributed by atoms with van der Waals surface area (Å²) in [5.74, 6) is -0.203. The van der Waals surface area contributed by atoms with Gasteiger partial charge in [-0.1, -0.05) is 12.1 Å². The molecule has 1 saturated heterocycles. The van der Waals surface area contributed by atoms with Crippen LogP contribution in [0.3, 0.4) is 0 Å². The molecule has 1 aliphatic heterocycles. The zero-order chi connectivity index (χ0) is 14.8. The molecule has 1 heterocycles. The lowest BCUT2D eigenvalue weighted by Gasteiger charge is -2.15. The summed E-state index contributed by atoms with van der Waals surface area (Å²) < 4.78 is 38.2. The van der Waals surface area contributed by atoms with Crippen molar-refractivity contribution in [2.75, 3.05) is 11.9 Å². The zero-order valence-corrected chi connectivity index (χ0v) is 10.3. The maximum absolute atomic E-state index is 12.7. The molecule has 1 aromatic carbocycles. The number of anilines is 1. The van der Waals surface area contributed by atoms with E-state index in [4.69, 9.17) is 0 Å². The van der Waals surface area contributed by atoms with E-state index in [1.807, 2.05) is 0 Å². The molecule has 0 spiro atoms. The van der Waals surface area contributed by atoms with Gasteiger partial charge in [-0.3, -0.25) is 4.79 Å². The number of amides is 3. The Kier molecular flexibility index (Phi) is 3.82. The topological polar surface area (TPSA) is 70.2 Å². The van der Waals surface area contributed by atoms with Crippen LogP contribution in [0.15, 0.2) is 24.3 Å². The third-order valence-corrected chi connectivity index (χ3v) is 2.79. The Bertz CT molecular complexity index is 531. The van der Waals surface area contributed by atoms with Gasteiger partial charge in [-0.25, -0.2) is 4.79 Å². The van der Waals surface area contributed by atoms with E-state index in [9.17, 15) is 22.8 Å². The second-order valence-corrected chi connectivity index (χ2v) is 4.35. The molecule has 8 heteroatoms. The molecule has 3 N–H and O–H groups in total. The molecule has 0 radical (unpaired) electrons. The Morgan fingerprint density at radius 1 is 1.30 bits per heavy atom. The van der Waals surface area contributed by atoms with Crippen LogP contribution in [-0.4, -0.2) is 24.5 Å². The van der Waals surface area contributed by atoms with Gasteiger partial charge in [0.2, 0.25) is 5.91 Å². The van der Waals surface area contributed by atoms with Crippen LogP contribution < -0.4 is 16.0 Å². The molecule has 1 aromatic rings. The summed E-state index contributed by atoms with van der Waals surface area (Å²) in [5, 5.41) is 7.10. The summed E-state index contributed by atoms with van der Waals surface area (Å²) in [6, 6.07) is 3.50. The van der Waals surface area contributed by atoms with E-state index < -0.39 is 23.8 Å². The number of benzene rings is 1. The maximum Gasteiger partial charge on any atom is 0.418 e. The molecule has 0 saturated carbocycles. The fraction of sp³-hybridized carbons (Fsp3) is 0.333. The van der Waals surface area contributed by atoms with E-state index in [2.05, 4.69) is 16.0 Å². The van der Waals surface area contributed by atoms with Crippen LogP contribution in [0.2, 0.25) is 0 Å². The van der Waals surface area contributed by atoms with Crippen LogP contribution >= 0.6 is 0 Å². The normalized spacial score (nSPS) is 18.6. The van der Waals surface area contributed by atoms with Crippen LogP contribution in [-0.2, 0) is 11.0 Å². The van der Waals surface area contributed by atoms with Crippen LogP contribution in [0.1, 0.15) is 12.0 Å². The fourth-order valence-corrected chi connectivity index (χ4v) is 1.89. The molecule has 0 aromatic heterocycles. The first-order valence-corrected chi connectivity index (χ1v) is 5.86. The highest BCUT2D eigenvalue weighted by Crippen LogP contribution is 2.34. The SMILES string of the molecule is O=C1CC(NC(=O)Nc2ccccc2C(F)(F)F)CN1. The van der Waals surface area contributed by atoms with Gasteiger partial charge in [0.05, 0.1) is 17.3 Å². The van der Waals surface area contributed by atoms with Gasteiger partial charge in [-0.05, 0) is 12.1 Å². The quantitative estimate of drug-likeness (QED) is 0.775. The monoisotopic (exact) mass is 287 g/mol. The van der Waals surface area contributed by atoms with Crippen molar-refractivity contribution in [3.8, 4) is 0 Å². The number of halogens is 3. The van der Waals surface area contributed by atoms with Crippen LogP contribution in [0.5, 0.6) is 0 Å². The Morgan fingerprint density at radius 3 is 2.60 bits per heavy atom. The Balaban J connectivity index is 2.03. The van der Waals surface area contributed by atoms with Crippen molar-refractivity contribution >= 4 is 17.6 Å². The average molecular weight is 287 g/mol. The van der Waals surface area contributed by atoms with Gasteiger partial charge in [0, 0.05) is 13.0 Å². The van der Waals surface area contributed by atoms with E-state index in [0.29, 0.717) is 0 Å². The predicted octanol–water partition coefficient (Wildman–Crippen LogP) is 1.72. The minimum absolute atomic E-state index is 0.119. The lowest BCUT2D eigenvalue weighted by Crippen LogP contribution is -2.39. The molecule has 1 atom stereocenters. The molecule has 1 unspecified atom stereocenters. The van der Waals surface area contributed by atoms with Crippen molar-refractivity contribution < 1.29 is 22.8 Å². The Labute approximate surface area is 112 Å². The molecule has 0 aliphatic carbocycles. The van der Waals surface area contributed by atoms with Gasteiger partial charge in [0.15, 0.2) is 0 Å². The number of alkyl halides is 3. The van der Waals surface area contributed by atoms with Crippen molar-refractivity contribution in [1.82, 2.24) is 10.6 Å². The van der Waals surface area contributed by atoms with Crippen LogP contribution in [0.4, 0.5) is 23.7 Å². The Hall–Kier alpha value is -2.25. The van der Waals surface area contributed by atoms with E-state index in [1.54, 1.807) is 0 Å². The highest BCUT2D eigenvalue weighted by atomic mass is 19.4. The van der Waals surface area contributed by atoms with Gasteiger partial charge >= 0.3 is 12.2 Å². The first kappa shape index (κ1) is 14.2. The summed E-state index contributed by atoms with van der Waals surface area (Å²) in [6.07, 6.45) is -4.43. The lowest BCUT2D eigenvalue weighted by atomic mass is 10.1. The van der Waals surface area contributed by atoms with Gasteiger partial charge in [-0.2, -0.15) is 13.2 Å². The van der Waals surface area contributed by atoms with Gasteiger partial charge in [0.25, 0.3) is 0 Å². The number of para-hydroxylation sites is 1. The summed E-state index contributed by atoms with van der Waals surface area (Å²) >= 11 is 0. The highest BCUT2D eigenvalue weighted by molar-refractivity contribution is 5.91. The number of hydrogen-bond donors (Lipinski definition) is 3. The lowest BCUT2D eigenvalue weighted by molar-refractivity contribution is -0.136. The van der Waals surface area contributed by atoms with Crippen molar-refractivity contribution in [3.63, 3.8) is 0 Å². The van der Waals surface area contributed by atoms with Crippen molar-refractivity contribution in [2.24, 2.45) is 0 Å². The second-order valence-electron chi connectivity index (χ2n) is 4.35. The molecule has 0 bridgehead atoms. The van der Waals surface area contributed by atoms with Gasteiger partial charge in [-0.15, -0.1) is 0 Å². The molecule has 1 aliphatic rings. The summed E-state index contributed by atoms with van der Waals surface area (Å²) in [6.45, 7) is 0.271. The van der Waals surface area contributed by atoms with Crippen molar-refractivity contribution in [2.45, 2.75) is 18.6 Å². The molecule has 3 amide bonds.